The van der Waals surface area contributed by atoms with E-state index in [1.165, 1.54) is 6.92 Å². The van der Waals surface area contributed by atoms with Gasteiger partial charge in [0.15, 0.2) is 5.96 Å². The topological polar surface area (TPSA) is 198 Å². The quantitative estimate of drug-likeness (QED) is 0.176. The number of aliphatic carboxylic acids is 1. The number of aliphatic hydroxyl groups is 3. The number of hydrogen-bond donors (Lipinski definition) is 8. The average molecular weight is 369 g/mol. The second-order valence-electron chi connectivity index (χ2n) is 4.97. The molecule has 0 aromatic heterocycles. The summed E-state index contributed by atoms with van der Waals surface area (Å²) in [7, 11) is 0. The van der Waals surface area contributed by atoms with Gasteiger partial charge in [-0.15, -0.1) is 12.4 Å². The van der Waals surface area contributed by atoms with E-state index in [1.807, 2.05) is 0 Å². The van der Waals surface area contributed by atoms with Gasteiger partial charge in [-0.2, -0.15) is 0 Å². The lowest BCUT2D eigenvalue weighted by atomic mass is 9.92. The lowest BCUT2D eigenvalue weighted by Crippen LogP contribution is -2.64. The molecular weight excluding hydrogens is 348 g/mol. The normalized spacial score (nSPS) is 25.2. The maximum atomic E-state index is 11.4. The number of guanidine groups is 1. The lowest BCUT2D eigenvalue weighted by Gasteiger charge is -2.40. The number of carbonyl (C=O) groups is 2. The molecule has 0 bridgehead atoms. The zero-order chi connectivity index (χ0) is 17.7. The van der Waals surface area contributed by atoms with E-state index >= 15 is 0 Å². The van der Waals surface area contributed by atoms with Crippen molar-refractivity contribution in [2.45, 2.75) is 37.3 Å². The summed E-state index contributed by atoms with van der Waals surface area (Å²) in [6.45, 7) is 0.387. The number of ether oxygens (including phenoxy) is 1. The second-order valence-corrected chi connectivity index (χ2v) is 4.97. The first-order chi connectivity index (χ1) is 10.7. The van der Waals surface area contributed by atoms with Crippen LogP contribution in [0.2, 0.25) is 0 Å². The van der Waals surface area contributed by atoms with Crippen molar-refractivity contribution in [1.29, 1.82) is 5.41 Å². The molecule has 12 heteroatoms. The van der Waals surface area contributed by atoms with Crippen LogP contribution in [0.15, 0.2) is 11.8 Å². The molecule has 24 heavy (non-hydrogen) atoms. The van der Waals surface area contributed by atoms with Crippen molar-refractivity contribution in [3.05, 3.63) is 11.8 Å². The molecular formula is C12H21ClN4O7. The summed E-state index contributed by atoms with van der Waals surface area (Å²) in [5, 5.41) is 49.8. The van der Waals surface area contributed by atoms with E-state index < -0.39 is 60.6 Å². The number of carbonyl (C=O) groups excluding carboxylic acids is 1. The highest BCUT2D eigenvalue weighted by Crippen LogP contribution is 2.23. The number of nitrogens with one attached hydrogen (secondary N) is 3. The van der Waals surface area contributed by atoms with Gasteiger partial charge in [-0.3, -0.25) is 10.2 Å². The molecule has 1 rings (SSSR count). The molecule has 0 spiro atoms. The summed E-state index contributed by atoms with van der Waals surface area (Å²) in [6, 6.07) is -2.03. The van der Waals surface area contributed by atoms with Gasteiger partial charge in [0, 0.05) is 6.92 Å². The minimum Gasteiger partial charge on any atom is -0.478 e. The minimum absolute atomic E-state index is 0. The van der Waals surface area contributed by atoms with Crippen LogP contribution in [0, 0.1) is 5.41 Å². The summed E-state index contributed by atoms with van der Waals surface area (Å²) in [6.07, 6.45) is -3.63. The van der Waals surface area contributed by atoms with Gasteiger partial charge < -0.3 is 41.5 Å². The molecule has 2 unspecified atom stereocenters. The van der Waals surface area contributed by atoms with E-state index in [0.29, 0.717) is 0 Å². The van der Waals surface area contributed by atoms with Crippen molar-refractivity contribution in [1.82, 2.24) is 10.6 Å². The van der Waals surface area contributed by atoms with Gasteiger partial charge in [0.25, 0.3) is 0 Å². The molecule has 1 aliphatic heterocycles. The molecule has 0 saturated heterocycles. The summed E-state index contributed by atoms with van der Waals surface area (Å²) >= 11 is 0. The van der Waals surface area contributed by atoms with E-state index in [9.17, 15) is 19.8 Å². The number of hydrogen-bond acceptors (Lipinski definition) is 7. The van der Waals surface area contributed by atoms with Crippen LogP contribution >= 0.6 is 12.4 Å². The highest BCUT2D eigenvalue weighted by Gasteiger charge is 2.43. The first kappa shape index (κ1) is 21.9. The molecule has 0 aliphatic carbocycles. The fraction of sp³-hybridized carbons (Fsp3) is 0.583. The number of rotatable bonds is 6. The van der Waals surface area contributed by atoms with E-state index in [1.54, 1.807) is 0 Å². The van der Waals surface area contributed by atoms with Crippen molar-refractivity contribution in [3.63, 3.8) is 0 Å². The Balaban J connectivity index is 0.00000529. The number of amides is 1. The van der Waals surface area contributed by atoms with Crippen LogP contribution in [0.1, 0.15) is 6.92 Å². The van der Waals surface area contributed by atoms with Crippen LogP contribution in [-0.2, 0) is 14.3 Å². The molecule has 9 N–H and O–H groups in total. The molecule has 138 valence electrons. The predicted octanol–water partition coefficient (Wildman–Crippen LogP) is -3.15. The Morgan fingerprint density at radius 2 is 2.00 bits per heavy atom. The van der Waals surface area contributed by atoms with Crippen LogP contribution in [-0.4, -0.2) is 75.3 Å². The Labute approximate surface area is 143 Å². The highest BCUT2D eigenvalue weighted by atomic mass is 35.5. The zero-order valence-corrected chi connectivity index (χ0v) is 13.5. The third-order valence-electron chi connectivity index (χ3n) is 3.16. The predicted molar refractivity (Wildman–Crippen MR) is 83.4 cm³/mol. The van der Waals surface area contributed by atoms with E-state index in [2.05, 4.69) is 10.6 Å². The Kier molecular flexibility index (Phi) is 8.47. The van der Waals surface area contributed by atoms with Crippen LogP contribution in [0.5, 0.6) is 0 Å². The van der Waals surface area contributed by atoms with Gasteiger partial charge in [0.2, 0.25) is 11.7 Å². The average Bonchev–Trinajstić information content (AvgIpc) is 2.45. The van der Waals surface area contributed by atoms with Crippen LogP contribution in [0.3, 0.4) is 0 Å². The Morgan fingerprint density at radius 3 is 2.42 bits per heavy atom. The molecule has 0 fully saturated rings. The number of nitrogens with two attached hydrogens (primary N) is 1. The smallest absolute Gasteiger partial charge is 0.370 e. The van der Waals surface area contributed by atoms with Crippen LogP contribution in [0.4, 0.5) is 0 Å². The fourth-order valence-corrected chi connectivity index (χ4v) is 2.18. The zero-order valence-electron chi connectivity index (χ0n) is 12.7. The molecule has 11 nitrogen and oxygen atoms in total. The van der Waals surface area contributed by atoms with Gasteiger partial charge in [-0.05, 0) is 6.08 Å². The van der Waals surface area contributed by atoms with Crippen molar-refractivity contribution >= 4 is 30.2 Å². The number of carboxylic acid groups (broad SMARTS) is 1. The summed E-state index contributed by atoms with van der Waals surface area (Å²) in [5.41, 5.74) is 5.24. The molecule has 1 aliphatic rings. The third-order valence-corrected chi connectivity index (χ3v) is 3.16. The molecule has 1 amide bonds. The molecule has 0 aromatic carbocycles. The minimum atomic E-state index is -1.70. The van der Waals surface area contributed by atoms with Crippen molar-refractivity contribution in [3.8, 4) is 0 Å². The number of halogens is 1. The Morgan fingerprint density at radius 1 is 1.42 bits per heavy atom. The van der Waals surface area contributed by atoms with Crippen molar-refractivity contribution in [2.24, 2.45) is 5.73 Å². The van der Waals surface area contributed by atoms with Gasteiger partial charge in [0.1, 0.15) is 18.3 Å². The third kappa shape index (κ3) is 5.53. The molecule has 0 radical (unpaired) electrons. The van der Waals surface area contributed by atoms with Gasteiger partial charge >= 0.3 is 5.97 Å². The van der Waals surface area contributed by atoms with Crippen molar-refractivity contribution < 1.29 is 34.8 Å². The molecule has 0 saturated carbocycles. The summed E-state index contributed by atoms with van der Waals surface area (Å²) in [5.74, 6) is -3.02. The monoisotopic (exact) mass is 368 g/mol. The van der Waals surface area contributed by atoms with E-state index in [4.69, 9.17) is 26.1 Å². The SMILES string of the molecule is CC(=O)N[C@@H]1[C@@H](NC(=N)N)C=C(C(=O)O)O[C@H]1C(O)C(O)CO.Cl. The van der Waals surface area contributed by atoms with Crippen LogP contribution in [0.25, 0.3) is 0 Å². The van der Waals surface area contributed by atoms with E-state index in [-0.39, 0.29) is 12.4 Å². The van der Waals surface area contributed by atoms with Gasteiger partial charge in [0.05, 0.1) is 18.7 Å². The number of aliphatic hydroxyl groups excluding tert-OH is 3. The second kappa shape index (κ2) is 9.27. The van der Waals surface area contributed by atoms with Crippen molar-refractivity contribution in [2.75, 3.05) is 6.61 Å². The van der Waals surface area contributed by atoms with Gasteiger partial charge in [-0.1, -0.05) is 0 Å². The molecule has 5 atom stereocenters. The van der Waals surface area contributed by atoms with E-state index in [0.717, 1.165) is 6.08 Å². The number of carboxylic acids is 1. The lowest BCUT2D eigenvalue weighted by molar-refractivity contribution is -0.146. The fourth-order valence-electron chi connectivity index (χ4n) is 2.18. The Hall–Kier alpha value is -2.08. The molecule has 1 heterocycles. The maximum Gasteiger partial charge on any atom is 0.370 e. The largest absolute Gasteiger partial charge is 0.478 e. The Bertz CT molecular complexity index is 516. The van der Waals surface area contributed by atoms with Gasteiger partial charge in [-0.25, -0.2) is 4.79 Å². The highest BCUT2D eigenvalue weighted by molar-refractivity contribution is 5.85. The summed E-state index contributed by atoms with van der Waals surface area (Å²) < 4.78 is 5.13. The summed E-state index contributed by atoms with van der Waals surface area (Å²) in [4.78, 5) is 22.5. The maximum absolute atomic E-state index is 11.4. The first-order valence-electron chi connectivity index (χ1n) is 6.63. The molecule has 0 aromatic rings. The standard InChI is InChI=1S/C12H20N4O7.ClH/c1-4(18)15-8-5(16-12(13)14)2-7(11(21)22)23-10(8)9(20)6(19)3-17;/h2,5-6,8-10,17,19-20H,3H2,1H3,(H,15,18)(H,21,22)(H4,13,14,16);1H/t5-,6?,8+,9?,10+;/m0./s1. The van der Waals surface area contributed by atoms with Crippen LogP contribution < -0.4 is 16.4 Å². The first-order valence-corrected chi connectivity index (χ1v) is 6.63.